The summed E-state index contributed by atoms with van der Waals surface area (Å²) in [6.07, 6.45) is 5.93. The molecule has 0 aromatic heterocycles. The fourth-order valence-electron chi connectivity index (χ4n) is 2.42. The highest BCUT2D eigenvalue weighted by Gasteiger charge is 2.47. The molecule has 2 fully saturated rings. The number of rotatable bonds is 2. The van der Waals surface area contributed by atoms with Crippen LogP contribution in [0.1, 0.15) is 32.1 Å². The largest absolute Gasteiger partial charge is 0.303 e. The van der Waals surface area contributed by atoms with Gasteiger partial charge in [0.1, 0.15) is 11.9 Å². The van der Waals surface area contributed by atoms with Crippen LogP contribution in [0.4, 0.5) is 0 Å². The summed E-state index contributed by atoms with van der Waals surface area (Å²) in [4.78, 5) is 20.7. The maximum Gasteiger partial charge on any atom is 0.120 e. The zero-order valence-electron chi connectivity index (χ0n) is 7.12. The van der Waals surface area contributed by atoms with E-state index in [0.29, 0.717) is 18.9 Å². The van der Waals surface area contributed by atoms with Gasteiger partial charge in [-0.3, -0.25) is 0 Å². The van der Waals surface area contributed by atoms with Crippen molar-refractivity contribution in [3.05, 3.63) is 0 Å². The molecule has 0 bridgehead atoms. The van der Waals surface area contributed by atoms with Crippen molar-refractivity contribution in [3.8, 4) is 0 Å². The minimum absolute atomic E-state index is 0.0963. The van der Waals surface area contributed by atoms with Gasteiger partial charge in [0.15, 0.2) is 0 Å². The van der Waals surface area contributed by atoms with Crippen LogP contribution in [0.2, 0.25) is 0 Å². The van der Waals surface area contributed by atoms with E-state index in [1.807, 2.05) is 0 Å². The van der Waals surface area contributed by atoms with E-state index in [4.69, 9.17) is 9.78 Å². The van der Waals surface area contributed by atoms with Crippen LogP contribution in [0.15, 0.2) is 0 Å². The zero-order chi connectivity index (χ0) is 8.44. The van der Waals surface area contributed by atoms with Crippen LogP contribution in [-0.2, 0) is 14.6 Å². The summed E-state index contributed by atoms with van der Waals surface area (Å²) in [5, 5.41) is 0. The fraction of sp³-hybridized carbons (Fsp3) is 0.889. The minimum atomic E-state index is -0.0963. The third-order valence-electron chi connectivity index (χ3n) is 3.11. The molecule has 1 saturated heterocycles. The van der Waals surface area contributed by atoms with Gasteiger partial charge in [-0.25, -0.2) is 9.78 Å². The molecular weight excluding hydrogens is 156 g/mol. The van der Waals surface area contributed by atoms with Crippen LogP contribution in [0.25, 0.3) is 0 Å². The molecule has 2 unspecified atom stereocenters. The van der Waals surface area contributed by atoms with E-state index >= 15 is 0 Å². The molecule has 1 aliphatic carbocycles. The van der Waals surface area contributed by atoms with Crippen molar-refractivity contribution < 1.29 is 14.6 Å². The molecule has 0 N–H and O–H groups in total. The summed E-state index contributed by atoms with van der Waals surface area (Å²) in [7, 11) is 0. The van der Waals surface area contributed by atoms with Gasteiger partial charge in [-0.2, -0.15) is 0 Å². The Bertz CT molecular complexity index is 167. The molecule has 1 aliphatic heterocycles. The second-order valence-corrected chi connectivity index (χ2v) is 3.71. The van der Waals surface area contributed by atoms with Gasteiger partial charge >= 0.3 is 0 Å². The van der Waals surface area contributed by atoms with Gasteiger partial charge in [-0.05, 0) is 18.8 Å². The first-order chi connectivity index (χ1) is 5.87. The number of carbonyl (C=O) groups excluding carboxylic acids is 1. The van der Waals surface area contributed by atoms with E-state index in [9.17, 15) is 4.79 Å². The fourth-order valence-corrected chi connectivity index (χ4v) is 2.42. The molecule has 0 aromatic rings. The van der Waals surface area contributed by atoms with E-state index in [2.05, 4.69) is 0 Å². The van der Waals surface area contributed by atoms with E-state index in [1.54, 1.807) is 0 Å². The van der Waals surface area contributed by atoms with Gasteiger partial charge in [0.25, 0.3) is 0 Å². The molecule has 2 atom stereocenters. The van der Waals surface area contributed by atoms with Crippen LogP contribution in [0.5, 0.6) is 0 Å². The molecule has 68 valence electrons. The van der Waals surface area contributed by atoms with Crippen LogP contribution in [0, 0.1) is 5.92 Å². The standard InChI is InChI=1S/C9H14O3/c10-6-3-8-2-1-4-9(8)5-7-11-12-9/h6,8H,1-5,7H2. The highest BCUT2D eigenvalue weighted by Crippen LogP contribution is 2.45. The van der Waals surface area contributed by atoms with Crippen LogP contribution in [-0.4, -0.2) is 18.5 Å². The minimum Gasteiger partial charge on any atom is -0.303 e. The number of carbonyl (C=O) groups is 1. The molecule has 1 heterocycles. The Kier molecular flexibility index (Phi) is 2.15. The lowest BCUT2D eigenvalue weighted by atomic mass is 9.86. The normalized spacial score (nSPS) is 40.8. The second kappa shape index (κ2) is 3.15. The Morgan fingerprint density at radius 3 is 3.08 bits per heavy atom. The Labute approximate surface area is 72.0 Å². The van der Waals surface area contributed by atoms with Gasteiger partial charge in [-0.15, -0.1) is 0 Å². The summed E-state index contributed by atoms with van der Waals surface area (Å²) >= 11 is 0. The topological polar surface area (TPSA) is 35.5 Å². The average Bonchev–Trinajstić information content (AvgIpc) is 2.66. The van der Waals surface area contributed by atoms with Gasteiger partial charge in [0.2, 0.25) is 0 Å². The molecular formula is C9H14O3. The summed E-state index contributed by atoms with van der Waals surface area (Å²) in [6, 6.07) is 0. The molecule has 1 spiro atoms. The Morgan fingerprint density at radius 1 is 1.50 bits per heavy atom. The smallest absolute Gasteiger partial charge is 0.120 e. The Morgan fingerprint density at radius 2 is 2.42 bits per heavy atom. The molecule has 0 aromatic carbocycles. The van der Waals surface area contributed by atoms with Crippen molar-refractivity contribution >= 4 is 6.29 Å². The van der Waals surface area contributed by atoms with Gasteiger partial charge in [-0.1, -0.05) is 6.42 Å². The summed E-state index contributed by atoms with van der Waals surface area (Å²) in [5.74, 6) is 0.400. The highest BCUT2D eigenvalue weighted by atomic mass is 17.2. The number of hydrogen-bond acceptors (Lipinski definition) is 3. The first kappa shape index (κ1) is 8.20. The average molecular weight is 170 g/mol. The van der Waals surface area contributed by atoms with E-state index in [-0.39, 0.29) is 5.60 Å². The van der Waals surface area contributed by atoms with Gasteiger partial charge in [0.05, 0.1) is 6.61 Å². The lowest BCUT2D eigenvalue weighted by Gasteiger charge is -2.25. The number of hydrogen-bond donors (Lipinski definition) is 0. The van der Waals surface area contributed by atoms with E-state index < -0.39 is 0 Å². The van der Waals surface area contributed by atoms with Crippen LogP contribution >= 0.6 is 0 Å². The maximum absolute atomic E-state index is 10.4. The van der Waals surface area contributed by atoms with Crippen molar-refractivity contribution in [2.45, 2.75) is 37.7 Å². The Hall–Kier alpha value is -0.410. The Balaban J connectivity index is 2.06. The predicted octanol–water partition coefficient (Wildman–Crippen LogP) is 1.47. The first-order valence-electron chi connectivity index (χ1n) is 4.62. The summed E-state index contributed by atoms with van der Waals surface area (Å²) in [5.41, 5.74) is -0.0963. The van der Waals surface area contributed by atoms with E-state index in [0.717, 1.165) is 25.5 Å². The summed E-state index contributed by atoms with van der Waals surface area (Å²) in [6.45, 7) is 0.690. The van der Waals surface area contributed by atoms with Crippen molar-refractivity contribution in [1.29, 1.82) is 0 Å². The van der Waals surface area contributed by atoms with Crippen molar-refractivity contribution in [2.24, 2.45) is 5.92 Å². The highest BCUT2D eigenvalue weighted by molar-refractivity contribution is 5.50. The second-order valence-electron chi connectivity index (χ2n) is 3.71. The van der Waals surface area contributed by atoms with Crippen molar-refractivity contribution in [1.82, 2.24) is 0 Å². The lowest BCUT2D eigenvalue weighted by Crippen LogP contribution is -2.32. The monoisotopic (exact) mass is 170 g/mol. The van der Waals surface area contributed by atoms with Crippen molar-refractivity contribution in [2.75, 3.05) is 6.61 Å². The van der Waals surface area contributed by atoms with Crippen LogP contribution in [0.3, 0.4) is 0 Å². The molecule has 1 saturated carbocycles. The molecule has 3 heteroatoms. The van der Waals surface area contributed by atoms with Crippen molar-refractivity contribution in [3.63, 3.8) is 0 Å². The lowest BCUT2D eigenvalue weighted by molar-refractivity contribution is -0.316. The van der Waals surface area contributed by atoms with Crippen LogP contribution < -0.4 is 0 Å². The third-order valence-corrected chi connectivity index (χ3v) is 3.11. The quantitative estimate of drug-likeness (QED) is 0.465. The number of aldehydes is 1. The first-order valence-corrected chi connectivity index (χ1v) is 4.62. The molecule has 12 heavy (non-hydrogen) atoms. The molecule has 0 radical (unpaired) electrons. The predicted molar refractivity (Wildman–Crippen MR) is 42.4 cm³/mol. The molecule has 2 rings (SSSR count). The molecule has 3 nitrogen and oxygen atoms in total. The van der Waals surface area contributed by atoms with E-state index in [1.165, 1.54) is 6.42 Å². The SMILES string of the molecule is O=CCC1CCCC12CCOO2. The maximum atomic E-state index is 10.4. The summed E-state index contributed by atoms with van der Waals surface area (Å²) < 4.78 is 0. The van der Waals surface area contributed by atoms with Gasteiger partial charge < -0.3 is 4.79 Å². The van der Waals surface area contributed by atoms with Gasteiger partial charge in [0, 0.05) is 12.8 Å². The molecule has 2 aliphatic rings. The zero-order valence-corrected chi connectivity index (χ0v) is 7.12. The third kappa shape index (κ3) is 1.17. The molecule has 0 amide bonds.